The first-order valence-corrected chi connectivity index (χ1v) is 7.30. The number of nitrogens with two attached hydrogens (primary N) is 1. The van der Waals surface area contributed by atoms with Crippen LogP contribution in [0.25, 0.3) is 0 Å². The molecule has 2 N–H and O–H groups in total. The van der Waals surface area contributed by atoms with Crippen molar-refractivity contribution in [1.29, 1.82) is 0 Å². The van der Waals surface area contributed by atoms with Gasteiger partial charge in [0, 0.05) is 32.7 Å². The Morgan fingerprint density at radius 1 is 1.37 bits per heavy atom. The first kappa shape index (κ1) is 16.8. The average molecular weight is 288 g/mol. The Bertz CT molecular complexity index is 319. The zero-order valence-electron chi connectivity index (χ0n) is 12.9. The molecule has 0 aromatic heterocycles. The zero-order valence-corrected chi connectivity index (χ0v) is 13.7. The quantitative estimate of drug-likeness (QED) is 0.726. The van der Waals surface area contributed by atoms with Gasteiger partial charge in [-0.25, -0.2) is 0 Å². The van der Waals surface area contributed by atoms with Gasteiger partial charge in [-0.3, -0.25) is 4.90 Å². The van der Waals surface area contributed by atoms with Gasteiger partial charge in [0.1, 0.15) is 0 Å². The van der Waals surface area contributed by atoms with Gasteiger partial charge in [-0.15, -0.1) is 0 Å². The van der Waals surface area contributed by atoms with Crippen molar-refractivity contribution >= 4 is 17.2 Å². The van der Waals surface area contributed by atoms with E-state index >= 15 is 0 Å². The van der Waals surface area contributed by atoms with Crippen molar-refractivity contribution in [2.75, 3.05) is 26.8 Å². The Kier molecular flexibility index (Phi) is 5.74. The standard InChI is InChI=1S/C14H28N2O2S/c1-13(2)10-11(14(3,4)18-13)16(8-9-17-5)7-6-12(15)19/h11H,6-10H2,1-5H3,(H2,15,19). The van der Waals surface area contributed by atoms with Gasteiger partial charge in [0.25, 0.3) is 0 Å². The molecule has 4 nitrogen and oxygen atoms in total. The molecule has 5 heteroatoms. The molecular formula is C14H28N2O2S. The first-order valence-electron chi connectivity index (χ1n) is 6.89. The second-order valence-corrected chi connectivity index (χ2v) is 6.95. The summed E-state index contributed by atoms with van der Waals surface area (Å²) in [7, 11) is 1.73. The fraction of sp³-hybridized carbons (Fsp3) is 0.929. The normalized spacial score (nSPS) is 24.8. The monoisotopic (exact) mass is 288 g/mol. The minimum Gasteiger partial charge on any atom is -0.393 e. The highest BCUT2D eigenvalue weighted by Crippen LogP contribution is 2.40. The fourth-order valence-corrected chi connectivity index (χ4v) is 3.08. The summed E-state index contributed by atoms with van der Waals surface area (Å²) in [4.78, 5) is 2.97. The fourth-order valence-electron chi connectivity index (χ4n) is 2.99. The van der Waals surface area contributed by atoms with Crippen molar-refractivity contribution in [3.8, 4) is 0 Å². The molecule has 112 valence electrons. The molecule has 0 bridgehead atoms. The van der Waals surface area contributed by atoms with Gasteiger partial charge in [0.05, 0.1) is 22.8 Å². The second-order valence-electron chi connectivity index (χ2n) is 6.43. The van der Waals surface area contributed by atoms with E-state index in [1.54, 1.807) is 7.11 Å². The van der Waals surface area contributed by atoms with Gasteiger partial charge in [-0.2, -0.15) is 0 Å². The summed E-state index contributed by atoms with van der Waals surface area (Å²) in [6, 6.07) is 0.368. The van der Waals surface area contributed by atoms with Crippen molar-refractivity contribution < 1.29 is 9.47 Å². The van der Waals surface area contributed by atoms with Crippen LogP contribution in [0, 0.1) is 0 Å². The van der Waals surface area contributed by atoms with Crippen molar-refractivity contribution in [3.05, 3.63) is 0 Å². The lowest BCUT2D eigenvalue weighted by Crippen LogP contribution is -2.48. The van der Waals surface area contributed by atoms with Crippen molar-refractivity contribution in [2.45, 2.75) is 57.8 Å². The lowest BCUT2D eigenvalue weighted by Gasteiger charge is -2.36. The third kappa shape index (κ3) is 4.99. The summed E-state index contributed by atoms with van der Waals surface area (Å²) >= 11 is 4.99. The molecule has 1 saturated heterocycles. The second kappa shape index (κ2) is 6.48. The number of rotatable bonds is 7. The van der Waals surface area contributed by atoms with E-state index in [1.165, 1.54) is 0 Å². The molecule has 1 aliphatic rings. The number of thiocarbonyl (C=S) groups is 1. The van der Waals surface area contributed by atoms with Crippen LogP contribution in [-0.2, 0) is 9.47 Å². The zero-order chi connectivity index (χ0) is 14.7. The maximum atomic E-state index is 6.17. The van der Waals surface area contributed by atoms with E-state index in [4.69, 9.17) is 27.4 Å². The first-order chi connectivity index (χ1) is 8.68. The van der Waals surface area contributed by atoms with Crippen LogP contribution < -0.4 is 5.73 Å². The Morgan fingerprint density at radius 2 is 2.00 bits per heavy atom. The molecule has 0 aromatic carbocycles. The van der Waals surface area contributed by atoms with E-state index in [1.807, 2.05) is 0 Å². The summed E-state index contributed by atoms with van der Waals surface area (Å²) in [6.45, 7) is 11.1. The van der Waals surface area contributed by atoms with Crippen LogP contribution >= 0.6 is 12.2 Å². The molecule has 0 amide bonds. The van der Waals surface area contributed by atoms with Crippen molar-refractivity contribution in [1.82, 2.24) is 4.90 Å². The lowest BCUT2D eigenvalue weighted by molar-refractivity contribution is -0.0814. The molecule has 0 aromatic rings. The molecule has 0 radical (unpaired) electrons. The number of nitrogens with zero attached hydrogens (tertiary/aromatic N) is 1. The van der Waals surface area contributed by atoms with E-state index in [-0.39, 0.29) is 11.2 Å². The van der Waals surface area contributed by atoms with E-state index in [0.717, 1.165) is 25.9 Å². The molecule has 1 atom stereocenters. The largest absolute Gasteiger partial charge is 0.393 e. The molecule has 1 unspecified atom stereocenters. The van der Waals surface area contributed by atoms with Gasteiger partial charge >= 0.3 is 0 Å². The summed E-state index contributed by atoms with van der Waals surface area (Å²) in [5.74, 6) is 0. The van der Waals surface area contributed by atoms with Crippen LogP contribution in [0.2, 0.25) is 0 Å². The molecule has 1 rings (SSSR count). The minimum absolute atomic E-state index is 0.0806. The molecule has 0 saturated carbocycles. The maximum absolute atomic E-state index is 6.17. The third-order valence-corrected chi connectivity index (χ3v) is 3.90. The number of methoxy groups -OCH3 is 1. The molecule has 1 fully saturated rings. The highest BCUT2D eigenvalue weighted by molar-refractivity contribution is 7.80. The van der Waals surface area contributed by atoms with E-state index in [2.05, 4.69) is 32.6 Å². The number of ether oxygens (including phenoxy) is 2. The highest BCUT2D eigenvalue weighted by atomic mass is 32.1. The van der Waals surface area contributed by atoms with Crippen LogP contribution in [-0.4, -0.2) is 53.9 Å². The SMILES string of the molecule is COCCN(CCC(N)=S)C1CC(C)(C)OC1(C)C. The summed E-state index contributed by atoms with van der Waals surface area (Å²) in [6.07, 6.45) is 1.76. The maximum Gasteiger partial charge on any atom is 0.0789 e. The predicted molar refractivity (Wildman–Crippen MR) is 82.5 cm³/mol. The smallest absolute Gasteiger partial charge is 0.0789 e. The molecular weight excluding hydrogens is 260 g/mol. The summed E-state index contributed by atoms with van der Waals surface area (Å²) in [5.41, 5.74) is 5.39. The van der Waals surface area contributed by atoms with Gasteiger partial charge < -0.3 is 15.2 Å². The Hall–Kier alpha value is -0.230. The van der Waals surface area contributed by atoms with Crippen LogP contribution in [0.5, 0.6) is 0 Å². The number of hydrogen-bond donors (Lipinski definition) is 1. The van der Waals surface area contributed by atoms with Crippen molar-refractivity contribution in [3.63, 3.8) is 0 Å². The van der Waals surface area contributed by atoms with Crippen LogP contribution in [0.15, 0.2) is 0 Å². The average Bonchev–Trinajstić information content (AvgIpc) is 2.47. The minimum atomic E-state index is -0.159. The van der Waals surface area contributed by atoms with Crippen LogP contribution in [0.3, 0.4) is 0 Å². The molecule has 0 aliphatic carbocycles. The summed E-state index contributed by atoms with van der Waals surface area (Å²) < 4.78 is 11.4. The van der Waals surface area contributed by atoms with Gasteiger partial charge in [-0.05, 0) is 34.1 Å². The Labute approximate surface area is 122 Å². The predicted octanol–water partition coefficient (Wildman–Crippen LogP) is 1.96. The topological polar surface area (TPSA) is 47.7 Å². The third-order valence-electron chi connectivity index (χ3n) is 3.70. The molecule has 1 heterocycles. The Morgan fingerprint density at radius 3 is 2.42 bits per heavy atom. The van der Waals surface area contributed by atoms with Crippen LogP contribution in [0.4, 0.5) is 0 Å². The van der Waals surface area contributed by atoms with Gasteiger partial charge in [0.2, 0.25) is 0 Å². The van der Waals surface area contributed by atoms with Gasteiger partial charge in [0.15, 0.2) is 0 Å². The highest BCUT2D eigenvalue weighted by Gasteiger charge is 2.48. The van der Waals surface area contributed by atoms with Crippen LogP contribution in [0.1, 0.15) is 40.5 Å². The Balaban J connectivity index is 2.75. The van der Waals surface area contributed by atoms with E-state index in [0.29, 0.717) is 17.6 Å². The summed E-state index contributed by atoms with van der Waals surface area (Å²) in [5, 5.41) is 0. The molecule has 19 heavy (non-hydrogen) atoms. The van der Waals surface area contributed by atoms with Gasteiger partial charge in [-0.1, -0.05) is 12.2 Å². The lowest BCUT2D eigenvalue weighted by atomic mass is 9.92. The number of hydrogen-bond acceptors (Lipinski definition) is 4. The molecule has 0 spiro atoms. The van der Waals surface area contributed by atoms with E-state index in [9.17, 15) is 0 Å². The van der Waals surface area contributed by atoms with E-state index < -0.39 is 0 Å². The molecule has 1 aliphatic heterocycles. The van der Waals surface area contributed by atoms with Crippen molar-refractivity contribution in [2.24, 2.45) is 5.73 Å².